The van der Waals surface area contributed by atoms with Crippen molar-refractivity contribution in [3.8, 4) is 5.75 Å². The number of methoxy groups -OCH3 is 1. The molecule has 112 valence electrons. The van der Waals surface area contributed by atoms with Crippen molar-refractivity contribution in [1.82, 2.24) is 0 Å². The molecule has 0 radical (unpaired) electrons. The molecule has 2 heterocycles. The van der Waals surface area contributed by atoms with Crippen LogP contribution in [0, 0.1) is 0 Å². The van der Waals surface area contributed by atoms with Crippen molar-refractivity contribution < 1.29 is 9.53 Å². The van der Waals surface area contributed by atoms with Gasteiger partial charge in [-0.2, -0.15) is 0 Å². The average molecular weight is 330 g/mol. The maximum atomic E-state index is 12.7. The third kappa shape index (κ3) is 2.80. The Bertz CT molecular complexity index is 751. The third-order valence-electron chi connectivity index (χ3n) is 3.15. The third-order valence-corrected chi connectivity index (χ3v) is 4.60. The number of rotatable bonds is 3. The molecule has 0 bridgehead atoms. The van der Waals surface area contributed by atoms with Crippen LogP contribution >= 0.6 is 23.1 Å². The van der Waals surface area contributed by atoms with Gasteiger partial charge >= 0.3 is 0 Å². The van der Waals surface area contributed by atoms with E-state index in [1.807, 2.05) is 54.1 Å². The molecule has 6 heteroatoms. The van der Waals surface area contributed by atoms with Crippen molar-refractivity contribution in [1.29, 1.82) is 0 Å². The van der Waals surface area contributed by atoms with Gasteiger partial charge in [0.2, 0.25) is 0 Å². The zero-order valence-electron chi connectivity index (χ0n) is 12.1. The number of hydrogen-bond donors (Lipinski definition) is 0. The summed E-state index contributed by atoms with van der Waals surface area (Å²) in [6.07, 6.45) is 3.73. The molecule has 0 fully saturated rings. The zero-order chi connectivity index (χ0) is 15.5. The van der Waals surface area contributed by atoms with E-state index in [9.17, 15) is 4.79 Å². The maximum absolute atomic E-state index is 12.7. The maximum Gasteiger partial charge on any atom is 0.283 e. The van der Waals surface area contributed by atoms with Crippen LogP contribution in [0.25, 0.3) is 6.08 Å². The van der Waals surface area contributed by atoms with E-state index in [1.54, 1.807) is 23.3 Å². The first-order valence-corrected chi connectivity index (χ1v) is 8.70. The Morgan fingerprint density at radius 1 is 1.32 bits per heavy atom. The van der Waals surface area contributed by atoms with Gasteiger partial charge in [0.05, 0.1) is 12.8 Å². The first kappa shape index (κ1) is 14.9. The average Bonchev–Trinajstić information content (AvgIpc) is 3.16. The molecular weight excluding hydrogens is 316 g/mol. The summed E-state index contributed by atoms with van der Waals surface area (Å²) in [5, 5.41) is 2.64. The number of amides is 1. The van der Waals surface area contributed by atoms with Gasteiger partial charge in [-0.05, 0) is 35.9 Å². The summed E-state index contributed by atoms with van der Waals surface area (Å²) in [6.45, 7) is 0. The van der Waals surface area contributed by atoms with Gasteiger partial charge in [0.1, 0.15) is 11.4 Å². The molecule has 1 amide bonds. The summed E-state index contributed by atoms with van der Waals surface area (Å²) >= 11 is 3.03. The van der Waals surface area contributed by atoms with Crippen LogP contribution in [0.15, 0.2) is 52.5 Å². The minimum Gasteiger partial charge on any atom is -0.497 e. The van der Waals surface area contributed by atoms with Crippen molar-refractivity contribution in [2.24, 2.45) is 4.99 Å². The van der Waals surface area contributed by atoms with Crippen molar-refractivity contribution in [2.75, 3.05) is 18.3 Å². The molecule has 1 aliphatic heterocycles. The molecule has 4 nitrogen and oxygen atoms in total. The number of anilines is 1. The second kappa shape index (κ2) is 6.37. The summed E-state index contributed by atoms with van der Waals surface area (Å²) in [5.74, 6) is 0.590. The number of nitrogens with zero attached hydrogens (tertiary/aromatic N) is 2. The summed E-state index contributed by atoms with van der Waals surface area (Å²) in [7, 11) is 1.61. The molecule has 0 atom stereocenters. The summed E-state index contributed by atoms with van der Waals surface area (Å²) < 4.78 is 5.23. The van der Waals surface area contributed by atoms with Gasteiger partial charge in [0, 0.05) is 10.9 Å². The largest absolute Gasteiger partial charge is 0.497 e. The van der Waals surface area contributed by atoms with E-state index < -0.39 is 0 Å². The van der Waals surface area contributed by atoms with Gasteiger partial charge in [-0.15, -0.1) is 11.3 Å². The summed E-state index contributed by atoms with van der Waals surface area (Å²) in [5.41, 5.74) is 1.21. The molecule has 3 rings (SSSR count). The minimum atomic E-state index is -0.119. The lowest BCUT2D eigenvalue weighted by Crippen LogP contribution is -2.30. The van der Waals surface area contributed by atoms with Crippen molar-refractivity contribution in [3.63, 3.8) is 0 Å². The molecule has 1 aliphatic rings. The molecular formula is C16H14N2O2S2. The molecule has 22 heavy (non-hydrogen) atoms. The van der Waals surface area contributed by atoms with E-state index >= 15 is 0 Å². The van der Waals surface area contributed by atoms with E-state index in [0.29, 0.717) is 16.6 Å². The van der Waals surface area contributed by atoms with E-state index in [-0.39, 0.29) is 5.91 Å². The Morgan fingerprint density at radius 3 is 2.86 bits per heavy atom. The normalized spacial score (nSPS) is 16.3. The van der Waals surface area contributed by atoms with E-state index in [0.717, 1.165) is 10.6 Å². The topological polar surface area (TPSA) is 41.9 Å². The number of aliphatic imine (C=N–C) groups is 1. The SMILES string of the molecule is COc1cccc(N2C(=O)C(=Cc3cccs3)N=C2SC)c1. The molecule has 1 aromatic heterocycles. The number of thioether (sulfide) groups is 1. The minimum absolute atomic E-state index is 0.119. The van der Waals surface area contributed by atoms with E-state index in [2.05, 4.69) is 4.99 Å². The lowest BCUT2D eigenvalue weighted by Gasteiger charge is -2.17. The van der Waals surface area contributed by atoms with E-state index in [4.69, 9.17) is 4.74 Å². The molecule has 0 saturated carbocycles. The Hall–Kier alpha value is -2.05. The van der Waals surface area contributed by atoms with Crippen LogP contribution in [0.5, 0.6) is 5.75 Å². The molecule has 0 aliphatic carbocycles. The highest BCUT2D eigenvalue weighted by Crippen LogP contribution is 2.30. The monoisotopic (exact) mass is 330 g/mol. The van der Waals surface area contributed by atoms with Crippen LogP contribution in [0.3, 0.4) is 0 Å². The van der Waals surface area contributed by atoms with Gasteiger partial charge in [-0.3, -0.25) is 9.69 Å². The Morgan fingerprint density at radius 2 is 2.18 bits per heavy atom. The van der Waals surface area contributed by atoms with Crippen LogP contribution in [0.1, 0.15) is 4.88 Å². The number of amidine groups is 1. The molecule has 0 unspecified atom stereocenters. The van der Waals surface area contributed by atoms with Gasteiger partial charge in [0.25, 0.3) is 5.91 Å². The Balaban J connectivity index is 1.98. The second-order valence-corrected chi connectivity index (χ2v) is 6.24. The second-order valence-electron chi connectivity index (χ2n) is 4.49. The summed E-state index contributed by atoms with van der Waals surface area (Å²) in [4.78, 5) is 19.8. The number of thiophene rings is 1. The van der Waals surface area contributed by atoms with Gasteiger partial charge in [-0.25, -0.2) is 4.99 Å². The van der Waals surface area contributed by atoms with Gasteiger partial charge in [-0.1, -0.05) is 23.9 Å². The van der Waals surface area contributed by atoms with Crippen LogP contribution in [0.4, 0.5) is 5.69 Å². The molecule has 2 aromatic rings. The lowest BCUT2D eigenvalue weighted by atomic mass is 10.2. The fourth-order valence-corrected chi connectivity index (χ4v) is 3.33. The highest BCUT2D eigenvalue weighted by atomic mass is 32.2. The number of benzene rings is 1. The van der Waals surface area contributed by atoms with Crippen LogP contribution in [-0.2, 0) is 4.79 Å². The number of ether oxygens (including phenoxy) is 1. The predicted molar refractivity (Wildman–Crippen MR) is 93.7 cm³/mol. The highest BCUT2D eigenvalue weighted by Gasteiger charge is 2.31. The van der Waals surface area contributed by atoms with Gasteiger partial charge < -0.3 is 4.74 Å². The number of carbonyl (C=O) groups is 1. The summed E-state index contributed by atoms with van der Waals surface area (Å²) in [6, 6.07) is 11.3. The van der Waals surface area contributed by atoms with Crippen LogP contribution in [-0.4, -0.2) is 24.4 Å². The standard InChI is InChI=1S/C16H14N2O2S2/c1-20-12-6-3-5-11(9-12)18-15(19)14(17-16(18)21-2)10-13-7-4-8-22-13/h3-10H,1-2H3. The first-order chi connectivity index (χ1) is 10.7. The quantitative estimate of drug-likeness (QED) is 0.803. The Kier molecular flexibility index (Phi) is 4.31. The molecule has 1 aromatic carbocycles. The smallest absolute Gasteiger partial charge is 0.283 e. The lowest BCUT2D eigenvalue weighted by molar-refractivity contribution is -0.113. The highest BCUT2D eigenvalue weighted by molar-refractivity contribution is 8.13. The molecule has 0 saturated heterocycles. The fraction of sp³-hybridized carbons (Fsp3) is 0.125. The van der Waals surface area contributed by atoms with Crippen LogP contribution < -0.4 is 9.64 Å². The zero-order valence-corrected chi connectivity index (χ0v) is 13.8. The first-order valence-electron chi connectivity index (χ1n) is 6.59. The van der Waals surface area contributed by atoms with Crippen LogP contribution in [0.2, 0.25) is 0 Å². The van der Waals surface area contributed by atoms with Crippen molar-refractivity contribution in [3.05, 3.63) is 52.4 Å². The van der Waals surface area contributed by atoms with Gasteiger partial charge in [0.15, 0.2) is 5.17 Å². The molecule has 0 N–H and O–H groups in total. The number of carbonyl (C=O) groups excluding carboxylic acids is 1. The Labute approximate surface area is 137 Å². The molecule has 0 spiro atoms. The number of hydrogen-bond acceptors (Lipinski definition) is 5. The van der Waals surface area contributed by atoms with Crippen molar-refractivity contribution in [2.45, 2.75) is 0 Å². The van der Waals surface area contributed by atoms with E-state index in [1.165, 1.54) is 11.8 Å². The fourth-order valence-electron chi connectivity index (χ4n) is 2.12. The predicted octanol–water partition coefficient (Wildman–Crippen LogP) is 3.86. The van der Waals surface area contributed by atoms with Crippen molar-refractivity contribution >= 4 is 45.9 Å².